The molecule has 0 fully saturated rings. The van der Waals surface area contributed by atoms with E-state index in [-0.39, 0.29) is 28.8 Å². The fraction of sp³-hybridized carbons (Fsp3) is 0.188. The molecule has 4 aromatic rings. The molecule has 0 spiro atoms. The van der Waals surface area contributed by atoms with E-state index in [4.69, 9.17) is 0 Å². The first-order chi connectivity index (χ1) is 19.7. The number of amides is 1. The molecule has 41 heavy (non-hydrogen) atoms. The Morgan fingerprint density at radius 1 is 1.02 bits per heavy atom. The van der Waals surface area contributed by atoms with Crippen LogP contribution in [0.3, 0.4) is 0 Å². The van der Waals surface area contributed by atoms with Gasteiger partial charge in [-0.25, -0.2) is 9.18 Å². The molecule has 8 nitrogen and oxygen atoms in total. The first kappa shape index (κ1) is 27.5. The van der Waals surface area contributed by atoms with Crippen molar-refractivity contribution in [3.05, 3.63) is 129 Å². The lowest BCUT2D eigenvalue weighted by atomic mass is 9.95. The third kappa shape index (κ3) is 5.79. The number of carbonyl (C=O) groups excluding carboxylic acids is 1. The Morgan fingerprint density at radius 2 is 1.76 bits per heavy atom. The Kier molecular flexibility index (Phi) is 7.78. The molecule has 208 valence electrons. The Balaban J connectivity index is 1.34. The molecule has 0 aromatic heterocycles. The number of anilines is 1. The largest absolute Gasteiger partial charge is 0.478 e. The average molecular weight is 554 g/mol. The van der Waals surface area contributed by atoms with Crippen LogP contribution in [-0.2, 0) is 13.0 Å². The highest BCUT2D eigenvalue weighted by Crippen LogP contribution is 2.33. The summed E-state index contributed by atoms with van der Waals surface area (Å²) in [5, 5.41) is 23.4. The van der Waals surface area contributed by atoms with Crippen molar-refractivity contribution in [1.29, 1.82) is 0 Å². The topological polar surface area (TPSA) is 113 Å². The molecule has 1 aliphatic heterocycles. The predicted molar refractivity (Wildman–Crippen MR) is 154 cm³/mol. The van der Waals surface area contributed by atoms with E-state index in [1.807, 2.05) is 19.1 Å². The summed E-state index contributed by atoms with van der Waals surface area (Å²) < 4.78 is 15.7. The van der Waals surface area contributed by atoms with Crippen molar-refractivity contribution in [2.75, 3.05) is 11.4 Å². The SMILES string of the molecule is CC(NC(=O)c1ccc2c(c1)CCCN2Cc1cccc(-c2ccccc2C(=O)O)c1F)c1ccc([N+](=O)[O-])cc1. The molecule has 4 aromatic carbocycles. The molecule has 0 saturated carbocycles. The van der Waals surface area contributed by atoms with Crippen LogP contribution in [0, 0.1) is 15.9 Å². The van der Waals surface area contributed by atoms with Crippen LogP contribution in [0.4, 0.5) is 15.8 Å². The number of fused-ring (bicyclic) bond motifs is 1. The number of halogens is 1. The number of benzene rings is 4. The van der Waals surface area contributed by atoms with Gasteiger partial charge in [0.2, 0.25) is 0 Å². The number of carboxylic acids is 1. The Labute approximate surface area is 236 Å². The van der Waals surface area contributed by atoms with E-state index in [0.717, 1.165) is 29.7 Å². The van der Waals surface area contributed by atoms with Gasteiger partial charge in [-0.3, -0.25) is 14.9 Å². The van der Waals surface area contributed by atoms with Gasteiger partial charge in [0.05, 0.1) is 16.5 Å². The number of carbonyl (C=O) groups is 2. The number of nitrogens with zero attached hydrogens (tertiary/aromatic N) is 2. The van der Waals surface area contributed by atoms with Gasteiger partial charge in [0.25, 0.3) is 11.6 Å². The first-order valence-electron chi connectivity index (χ1n) is 13.3. The van der Waals surface area contributed by atoms with Crippen LogP contribution in [0.2, 0.25) is 0 Å². The fourth-order valence-electron chi connectivity index (χ4n) is 5.25. The number of nitro groups is 1. The molecule has 2 N–H and O–H groups in total. The van der Waals surface area contributed by atoms with Gasteiger partial charge in [0.15, 0.2) is 0 Å². The lowest BCUT2D eigenvalue weighted by molar-refractivity contribution is -0.384. The molecule has 1 unspecified atom stereocenters. The molecular weight excluding hydrogens is 525 g/mol. The van der Waals surface area contributed by atoms with Gasteiger partial charge in [-0.05, 0) is 60.7 Å². The van der Waals surface area contributed by atoms with E-state index < -0.39 is 16.7 Å². The molecule has 0 bridgehead atoms. The van der Waals surface area contributed by atoms with E-state index in [1.54, 1.807) is 54.6 Å². The van der Waals surface area contributed by atoms with Crippen molar-refractivity contribution in [3.8, 4) is 11.1 Å². The molecule has 0 radical (unpaired) electrons. The number of hydrogen-bond acceptors (Lipinski definition) is 5. The number of aromatic carboxylic acids is 1. The van der Waals surface area contributed by atoms with Gasteiger partial charge < -0.3 is 15.3 Å². The first-order valence-corrected chi connectivity index (χ1v) is 13.3. The summed E-state index contributed by atoms with van der Waals surface area (Å²) in [6, 6.07) is 22.6. The molecule has 0 saturated heterocycles. The maximum Gasteiger partial charge on any atom is 0.336 e. The summed E-state index contributed by atoms with van der Waals surface area (Å²) in [6.45, 7) is 2.83. The maximum atomic E-state index is 15.7. The van der Waals surface area contributed by atoms with Gasteiger partial charge in [0.1, 0.15) is 5.82 Å². The van der Waals surface area contributed by atoms with Crippen LogP contribution in [-0.4, -0.2) is 28.5 Å². The van der Waals surface area contributed by atoms with E-state index in [2.05, 4.69) is 10.2 Å². The Hall–Kier alpha value is -5.05. The normalized spacial score (nSPS) is 13.3. The van der Waals surface area contributed by atoms with E-state index in [9.17, 15) is 24.8 Å². The summed E-state index contributed by atoms with van der Waals surface area (Å²) >= 11 is 0. The van der Waals surface area contributed by atoms with Crippen molar-refractivity contribution < 1.29 is 24.0 Å². The van der Waals surface area contributed by atoms with Crippen molar-refractivity contribution >= 4 is 23.3 Å². The molecule has 9 heteroatoms. The second kappa shape index (κ2) is 11.6. The summed E-state index contributed by atoms with van der Waals surface area (Å²) in [6.07, 6.45) is 1.61. The monoisotopic (exact) mass is 553 g/mol. The number of rotatable bonds is 8. The van der Waals surface area contributed by atoms with Gasteiger partial charge in [0, 0.05) is 47.6 Å². The molecule has 1 aliphatic rings. The van der Waals surface area contributed by atoms with E-state index in [1.165, 1.54) is 18.2 Å². The quantitative estimate of drug-likeness (QED) is 0.189. The van der Waals surface area contributed by atoms with Gasteiger partial charge in [-0.2, -0.15) is 0 Å². The summed E-state index contributed by atoms with van der Waals surface area (Å²) in [5.41, 5.74) is 4.22. The van der Waals surface area contributed by atoms with Crippen molar-refractivity contribution in [3.63, 3.8) is 0 Å². The lowest BCUT2D eigenvalue weighted by Crippen LogP contribution is -2.30. The number of hydrogen-bond donors (Lipinski definition) is 2. The van der Waals surface area contributed by atoms with Gasteiger partial charge in [-0.15, -0.1) is 0 Å². The second-order valence-electron chi connectivity index (χ2n) is 10.0. The highest BCUT2D eigenvalue weighted by molar-refractivity contribution is 5.96. The van der Waals surface area contributed by atoms with Crippen LogP contribution in [0.25, 0.3) is 11.1 Å². The van der Waals surface area contributed by atoms with Crippen LogP contribution in [0.5, 0.6) is 0 Å². The van der Waals surface area contributed by atoms with Crippen LogP contribution >= 0.6 is 0 Å². The second-order valence-corrected chi connectivity index (χ2v) is 10.0. The zero-order valence-corrected chi connectivity index (χ0v) is 22.3. The summed E-state index contributed by atoms with van der Waals surface area (Å²) in [4.78, 5) is 37.3. The van der Waals surface area contributed by atoms with E-state index >= 15 is 4.39 Å². The van der Waals surface area contributed by atoms with Crippen LogP contribution in [0.15, 0.2) is 84.9 Å². The van der Waals surface area contributed by atoms with Crippen molar-refractivity contribution in [1.82, 2.24) is 5.32 Å². The Bertz CT molecular complexity index is 1640. The highest BCUT2D eigenvalue weighted by Gasteiger charge is 2.22. The Morgan fingerprint density at radius 3 is 2.49 bits per heavy atom. The summed E-state index contributed by atoms with van der Waals surface area (Å²) in [7, 11) is 0. The number of non-ortho nitro benzene ring substituents is 1. The molecule has 1 amide bonds. The lowest BCUT2D eigenvalue weighted by Gasteiger charge is -2.32. The minimum atomic E-state index is -1.11. The molecule has 5 rings (SSSR count). The van der Waals surface area contributed by atoms with Crippen molar-refractivity contribution in [2.45, 2.75) is 32.4 Å². The standard InChI is InChI=1S/C32H28FN3O5/c1-20(21-11-14-25(15-12-21)36(40)41)34-31(37)23-13-16-29-22(18-23)7-5-17-35(29)19-24-6-4-10-27(30(24)33)26-8-2-3-9-28(26)32(38)39/h2-4,6,8-16,18,20H,5,7,17,19H2,1H3,(H,34,37)(H,38,39). The molecule has 1 heterocycles. The fourth-order valence-corrected chi connectivity index (χ4v) is 5.25. The maximum absolute atomic E-state index is 15.7. The zero-order chi connectivity index (χ0) is 29.1. The van der Waals surface area contributed by atoms with Crippen LogP contribution in [0.1, 0.15) is 56.8 Å². The number of nitrogens with one attached hydrogen (secondary N) is 1. The number of nitro benzene ring substituents is 1. The summed E-state index contributed by atoms with van der Waals surface area (Å²) in [5.74, 6) is -1.83. The minimum absolute atomic E-state index is 0.0109. The minimum Gasteiger partial charge on any atom is -0.478 e. The third-order valence-corrected chi connectivity index (χ3v) is 7.40. The highest BCUT2D eigenvalue weighted by atomic mass is 19.1. The smallest absolute Gasteiger partial charge is 0.336 e. The van der Waals surface area contributed by atoms with Gasteiger partial charge >= 0.3 is 5.97 Å². The number of carboxylic acid groups (broad SMARTS) is 1. The molecular formula is C32H28FN3O5. The van der Waals surface area contributed by atoms with E-state index in [0.29, 0.717) is 29.8 Å². The molecule has 1 atom stereocenters. The third-order valence-electron chi connectivity index (χ3n) is 7.40. The van der Waals surface area contributed by atoms with Gasteiger partial charge in [-0.1, -0.05) is 48.5 Å². The van der Waals surface area contributed by atoms with Crippen LogP contribution < -0.4 is 10.2 Å². The van der Waals surface area contributed by atoms with Crippen molar-refractivity contribution in [2.24, 2.45) is 0 Å². The predicted octanol–water partition coefficient (Wildman–Crippen LogP) is 6.54. The molecule has 0 aliphatic carbocycles. The zero-order valence-electron chi connectivity index (χ0n) is 22.3. The average Bonchev–Trinajstić information content (AvgIpc) is 2.98. The number of aryl methyl sites for hydroxylation is 1.